The van der Waals surface area contributed by atoms with E-state index in [-0.39, 0.29) is 29.8 Å². The molecule has 1 aliphatic carbocycles. The summed E-state index contributed by atoms with van der Waals surface area (Å²) in [5, 5.41) is 0. The second-order valence-corrected chi connectivity index (χ2v) is 9.68. The van der Waals surface area contributed by atoms with Gasteiger partial charge >= 0.3 is 0 Å². The van der Waals surface area contributed by atoms with Crippen molar-refractivity contribution in [2.45, 2.75) is 36.9 Å². The van der Waals surface area contributed by atoms with Crippen LogP contribution in [-0.4, -0.2) is 32.5 Å². The molecule has 2 atom stereocenters. The Hall–Kier alpha value is -2.48. The second-order valence-electron chi connectivity index (χ2n) is 7.82. The maximum atomic E-state index is 13.8. The summed E-state index contributed by atoms with van der Waals surface area (Å²) < 4.78 is 53.9. The van der Waals surface area contributed by atoms with Gasteiger partial charge in [0.1, 0.15) is 16.5 Å². The Kier molecular flexibility index (Phi) is 6.55. The van der Waals surface area contributed by atoms with Crippen molar-refractivity contribution in [2.24, 2.45) is 5.92 Å². The van der Waals surface area contributed by atoms with Crippen LogP contribution in [0.4, 0.5) is 4.39 Å². The molecule has 0 amide bonds. The van der Waals surface area contributed by atoms with Gasteiger partial charge in [0.2, 0.25) is 10.0 Å². The summed E-state index contributed by atoms with van der Waals surface area (Å²) in [6, 6.07) is 14.0. The second kappa shape index (κ2) is 9.34. The monoisotopic (exact) mass is 443 g/mol. The quantitative estimate of drug-likeness (QED) is 0.678. The molecule has 5 nitrogen and oxygen atoms in total. The Labute approximate surface area is 182 Å². The molecule has 0 N–H and O–H groups in total. The van der Waals surface area contributed by atoms with Crippen LogP contribution >= 0.6 is 0 Å². The van der Waals surface area contributed by atoms with Crippen LogP contribution in [0.25, 0.3) is 0 Å². The van der Waals surface area contributed by atoms with Gasteiger partial charge in [-0.25, -0.2) is 12.8 Å². The first kappa shape index (κ1) is 21.7. The van der Waals surface area contributed by atoms with Crippen LogP contribution in [-0.2, 0) is 27.9 Å². The summed E-state index contributed by atoms with van der Waals surface area (Å²) >= 11 is 0. The van der Waals surface area contributed by atoms with Gasteiger partial charge in [0.15, 0.2) is 0 Å². The fourth-order valence-corrected chi connectivity index (χ4v) is 5.88. The Morgan fingerprint density at radius 2 is 1.87 bits per heavy atom. The number of rotatable bonds is 5. The zero-order valence-corrected chi connectivity index (χ0v) is 18.2. The summed E-state index contributed by atoms with van der Waals surface area (Å²) in [7, 11) is -2.42. The van der Waals surface area contributed by atoms with E-state index in [0.29, 0.717) is 25.2 Å². The lowest BCUT2D eigenvalue weighted by molar-refractivity contribution is 0.0604. The fraction of sp³-hybridized carbons (Fsp3) is 0.333. The normalized spacial score (nSPS) is 22.2. The van der Waals surface area contributed by atoms with Gasteiger partial charge in [-0.05, 0) is 54.2 Å². The van der Waals surface area contributed by atoms with E-state index in [1.165, 1.54) is 17.5 Å². The number of hydrogen-bond acceptors (Lipinski definition) is 4. The zero-order chi connectivity index (χ0) is 21.8. The number of allylic oxidation sites excluding steroid dienone is 4. The summed E-state index contributed by atoms with van der Waals surface area (Å²) in [4.78, 5) is 0.130. The van der Waals surface area contributed by atoms with Gasteiger partial charge in [-0.15, -0.1) is 0 Å². The topological polar surface area (TPSA) is 55.8 Å². The predicted molar refractivity (Wildman–Crippen MR) is 117 cm³/mol. The molecule has 0 saturated heterocycles. The van der Waals surface area contributed by atoms with Gasteiger partial charge in [-0.2, -0.15) is 4.31 Å². The van der Waals surface area contributed by atoms with Gasteiger partial charge in [0.05, 0.1) is 20.3 Å². The molecular weight excluding hydrogens is 417 g/mol. The molecule has 0 aromatic heterocycles. The Bertz CT molecular complexity index is 1100. The number of halogens is 1. The van der Waals surface area contributed by atoms with Crippen molar-refractivity contribution in [1.29, 1.82) is 0 Å². The van der Waals surface area contributed by atoms with E-state index in [4.69, 9.17) is 9.47 Å². The highest BCUT2D eigenvalue weighted by atomic mass is 32.2. The van der Waals surface area contributed by atoms with Crippen molar-refractivity contribution < 1.29 is 22.3 Å². The lowest BCUT2D eigenvalue weighted by atomic mass is 9.93. The third-order valence-electron chi connectivity index (χ3n) is 5.79. The van der Waals surface area contributed by atoms with Crippen LogP contribution < -0.4 is 4.74 Å². The minimum absolute atomic E-state index is 0.0399. The SMILES string of the molecule is COc1ccccc1S(=O)(=O)N1Cc2ccccc2COCC1CC1C=CC(F)=CC1. The standard InChI is InChI=1S/C24H26FNO4S/c1-29-23-8-4-5-9-24(23)31(27,28)26-15-19-6-2-3-7-20(19)16-30-17-22(26)14-18-10-12-21(25)13-11-18/h2-10,12-13,18,22H,11,14-17H2,1H3. The van der Waals surface area contributed by atoms with Gasteiger partial charge < -0.3 is 9.47 Å². The van der Waals surface area contributed by atoms with E-state index in [1.807, 2.05) is 30.3 Å². The number of fused-ring (bicyclic) bond motifs is 1. The lowest BCUT2D eigenvalue weighted by Gasteiger charge is -2.35. The van der Waals surface area contributed by atoms with Crippen LogP contribution in [0.3, 0.4) is 0 Å². The number of benzene rings is 2. The molecule has 2 aromatic rings. The molecule has 0 bridgehead atoms. The van der Waals surface area contributed by atoms with Crippen molar-refractivity contribution in [3.63, 3.8) is 0 Å². The average molecular weight is 444 g/mol. The first-order valence-electron chi connectivity index (χ1n) is 10.3. The molecule has 2 aromatic carbocycles. The number of ether oxygens (including phenoxy) is 2. The van der Waals surface area contributed by atoms with E-state index < -0.39 is 16.1 Å². The number of methoxy groups -OCH3 is 1. The largest absolute Gasteiger partial charge is 0.495 e. The summed E-state index contributed by atoms with van der Waals surface area (Å²) in [5.74, 6) is 0.0933. The Morgan fingerprint density at radius 1 is 1.13 bits per heavy atom. The van der Waals surface area contributed by atoms with Gasteiger partial charge in [-0.3, -0.25) is 0 Å². The summed E-state index contributed by atoms with van der Waals surface area (Å²) in [6.45, 7) is 0.939. The van der Waals surface area contributed by atoms with Crippen molar-refractivity contribution in [1.82, 2.24) is 4.31 Å². The molecule has 1 aliphatic heterocycles. The minimum atomic E-state index is -3.88. The molecule has 2 aliphatic rings. The Morgan fingerprint density at radius 3 is 2.61 bits per heavy atom. The maximum absolute atomic E-state index is 13.8. The molecule has 0 radical (unpaired) electrons. The molecule has 1 heterocycles. The van der Waals surface area contributed by atoms with Crippen LogP contribution in [0, 0.1) is 5.92 Å². The highest BCUT2D eigenvalue weighted by molar-refractivity contribution is 7.89. The zero-order valence-electron chi connectivity index (χ0n) is 17.4. The van der Waals surface area contributed by atoms with Crippen LogP contribution in [0.2, 0.25) is 0 Å². The molecule has 0 saturated carbocycles. The molecule has 7 heteroatoms. The first-order chi connectivity index (χ1) is 15.0. The van der Waals surface area contributed by atoms with Gasteiger partial charge in [0.25, 0.3) is 0 Å². The molecule has 31 heavy (non-hydrogen) atoms. The third-order valence-corrected chi connectivity index (χ3v) is 7.73. The number of nitrogens with zero attached hydrogens (tertiary/aromatic N) is 1. The van der Waals surface area contributed by atoms with Crippen LogP contribution in [0.15, 0.2) is 77.5 Å². The van der Waals surface area contributed by atoms with E-state index in [1.54, 1.807) is 30.3 Å². The first-order valence-corrected chi connectivity index (χ1v) is 11.8. The molecule has 164 valence electrons. The number of para-hydroxylation sites is 1. The molecular formula is C24H26FNO4S. The number of hydrogen-bond donors (Lipinski definition) is 0. The van der Waals surface area contributed by atoms with E-state index in [9.17, 15) is 12.8 Å². The van der Waals surface area contributed by atoms with Gasteiger partial charge in [-0.1, -0.05) is 42.5 Å². The average Bonchev–Trinajstić information content (AvgIpc) is 2.77. The molecule has 0 spiro atoms. The highest BCUT2D eigenvalue weighted by Gasteiger charge is 2.36. The van der Waals surface area contributed by atoms with Crippen LogP contribution in [0.5, 0.6) is 5.75 Å². The van der Waals surface area contributed by atoms with Crippen molar-refractivity contribution in [3.8, 4) is 5.75 Å². The maximum Gasteiger partial charge on any atom is 0.247 e. The van der Waals surface area contributed by atoms with Crippen molar-refractivity contribution >= 4 is 10.0 Å². The predicted octanol–water partition coefficient (Wildman–Crippen LogP) is 4.60. The van der Waals surface area contributed by atoms with E-state index in [0.717, 1.165) is 11.1 Å². The molecule has 0 fully saturated rings. The van der Waals surface area contributed by atoms with Crippen molar-refractivity contribution in [3.05, 3.63) is 83.7 Å². The lowest BCUT2D eigenvalue weighted by Crippen LogP contribution is -2.44. The molecule has 2 unspecified atom stereocenters. The van der Waals surface area contributed by atoms with E-state index >= 15 is 0 Å². The summed E-state index contributed by atoms with van der Waals surface area (Å²) in [6.07, 6.45) is 5.89. The van der Waals surface area contributed by atoms with Crippen molar-refractivity contribution in [2.75, 3.05) is 13.7 Å². The van der Waals surface area contributed by atoms with Gasteiger partial charge in [0, 0.05) is 12.6 Å². The molecule has 4 rings (SSSR count). The smallest absolute Gasteiger partial charge is 0.247 e. The van der Waals surface area contributed by atoms with Crippen LogP contribution in [0.1, 0.15) is 24.0 Å². The highest BCUT2D eigenvalue weighted by Crippen LogP contribution is 2.33. The third kappa shape index (κ3) is 4.74. The number of sulfonamides is 1. The Balaban J connectivity index is 1.73. The summed E-state index contributed by atoms with van der Waals surface area (Å²) in [5.41, 5.74) is 1.89. The van der Waals surface area contributed by atoms with E-state index in [2.05, 4.69) is 0 Å². The minimum Gasteiger partial charge on any atom is -0.495 e. The fourth-order valence-electron chi connectivity index (χ4n) is 4.13.